The molecule has 0 unspecified atom stereocenters. The van der Waals surface area contributed by atoms with E-state index in [4.69, 9.17) is 0 Å². The lowest BCUT2D eigenvalue weighted by Crippen LogP contribution is -2.21. The molecule has 1 N–H and O–H groups in total. The number of fused-ring (bicyclic) bond motifs is 1. The molecule has 2 heterocycles. The van der Waals surface area contributed by atoms with E-state index in [0.717, 1.165) is 5.56 Å². The second-order valence-corrected chi connectivity index (χ2v) is 6.42. The van der Waals surface area contributed by atoms with Crippen LogP contribution in [0.15, 0.2) is 40.6 Å². The monoisotopic (exact) mass is 344 g/mol. The van der Waals surface area contributed by atoms with E-state index in [0.29, 0.717) is 22.8 Å². The van der Waals surface area contributed by atoms with Crippen molar-refractivity contribution in [3.63, 3.8) is 0 Å². The molecule has 2 aromatic heterocycles. The lowest BCUT2D eigenvalue weighted by atomic mass is 10.0. The molecule has 0 aliphatic carbocycles. The smallest absolute Gasteiger partial charge is 0.272 e. The van der Waals surface area contributed by atoms with Gasteiger partial charge in [0.25, 0.3) is 11.2 Å². The van der Waals surface area contributed by atoms with Crippen molar-refractivity contribution in [2.75, 3.05) is 0 Å². The first-order valence-corrected chi connectivity index (χ1v) is 8.28. The van der Waals surface area contributed by atoms with E-state index in [2.05, 4.69) is 10.3 Å². The Hall–Kier alpha value is -2.58. The number of hydrogen-bond acceptors (Lipinski definition) is 6. The third-order valence-corrected chi connectivity index (χ3v) is 4.63. The summed E-state index contributed by atoms with van der Waals surface area (Å²) >= 11 is 1.40. The fraction of sp³-hybridized carbons (Fsp3) is 0.250. The molecule has 24 heavy (non-hydrogen) atoms. The molecule has 0 amide bonds. The Morgan fingerprint density at radius 3 is 2.96 bits per heavy atom. The highest BCUT2D eigenvalue weighted by Gasteiger charge is 2.14. The van der Waals surface area contributed by atoms with Gasteiger partial charge in [0.05, 0.1) is 10.6 Å². The number of aromatic nitrogens is 2. The molecule has 1 atom stereocenters. The summed E-state index contributed by atoms with van der Waals surface area (Å²) in [5.74, 6) is 0. The maximum atomic E-state index is 12.0. The van der Waals surface area contributed by atoms with Crippen LogP contribution in [0.4, 0.5) is 5.69 Å². The van der Waals surface area contributed by atoms with E-state index in [1.54, 1.807) is 25.3 Å². The van der Waals surface area contributed by atoms with E-state index in [-0.39, 0.29) is 22.2 Å². The second kappa shape index (κ2) is 6.50. The Bertz CT molecular complexity index is 963. The molecule has 0 fully saturated rings. The number of rotatable bonds is 5. The van der Waals surface area contributed by atoms with Crippen molar-refractivity contribution in [2.24, 2.45) is 0 Å². The summed E-state index contributed by atoms with van der Waals surface area (Å²) in [4.78, 5) is 27.7. The zero-order chi connectivity index (χ0) is 17.3. The van der Waals surface area contributed by atoms with Crippen molar-refractivity contribution in [2.45, 2.75) is 26.4 Å². The Kier molecular flexibility index (Phi) is 4.41. The van der Waals surface area contributed by atoms with Crippen LogP contribution < -0.4 is 10.9 Å². The number of aryl methyl sites for hydroxylation is 1. The molecule has 0 aliphatic heterocycles. The van der Waals surface area contributed by atoms with Gasteiger partial charge in [-0.05, 0) is 19.4 Å². The van der Waals surface area contributed by atoms with Crippen molar-refractivity contribution < 1.29 is 4.92 Å². The first-order valence-electron chi connectivity index (χ1n) is 7.40. The molecule has 0 saturated carbocycles. The first-order chi connectivity index (χ1) is 11.5. The van der Waals surface area contributed by atoms with Crippen molar-refractivity contribution in [1.82, 2.24) is 14.7 Å². The van der Waals surface area contributed by atoms with Crippen LogP contribution in [0.1, 0.15) is 29.8 Å². The fourth-order valence-corrected chi connectivity index (χ4v) is 3.19. The van der Waals surface area contributed by atoms with Crippen LogP contribution in [0, 0.1) is 17.0 Å². The lowest BCUT2D eigenvalue weighted by Gasteiger charge is -2.14. The van der Waals surface area contributed by atoms with Gasteiger partial charge in [-0.15, -0.1) is 11.3 Å². The molecule has 0 bridgehead atoms. The van der Waals surface area contributed by atoms with Crippen LogP contribution in [0.3, 0.4) is 0 Å². The Balaban J connectivity index is 1.77. The summed E-state index contributed by atoms with van der Waals surface area (Å²) in [6.45, 7) is 4.05. The zero-order valence-corrected chi connectivity index (χ0v) is 14.0. The van der Waals surface area contributed by atoms with Gasteiger partial charge in [0, 0.05) is 41.9 Å². The van der Waals surface area contributed by atoms with E-state index in [1.807, 2.05) is 18.4 Å². The summed E-state index contributed by atoms with van der Waals surface area (Å²) in [5, 5.41) is 16.1. The summed E-state index contributed by atoms with van der Waals surface area (Å²) in [6.07, 6.45) is 1.70. The number of benzene rings is 1. The third-order valence-electron chi connectivity index (χ3n) is 3.88. The number of thiazole rings is 1. The molecular weight excluding hydrogens is 328 g/mol. The first kappa shape index (κ1) is 16.3. The van der Waals surface area contributed by atoms with Gasteiger partial charge in [-0.2, -0.15) is 0 Å². The van der Waals surface area contributed by atoms with Gasteiger partial charge in [0.15, 0.2) is 4.96 Å². The minimum Gasteiger partial charge on any atom is -0.305 e. The molecular formula is C16H16N4O3S. The van der Waals surface area contributed by atoms with Gasteiger partial charge in [-0.1, -0.05) is 12.1 Å². The van der Waals surface area contributed by atoms with Gasteiger partial charge in [0.2, 0.25) is 0 Å². The average Bonchev–Trinajstić information content (AvgIpc) is 3.02. The van der Waals surface area contributed by atoms with Gasteiger partial charge in [0.1, 0.15) is 0 Å². The predicted octanol–water partition coefficient (Wildman–Crippen LogP) is 2.82. The minimum absolute atomic E-state index is 0.104. The summed E-state index contributed by atoms with van der Waals surface area (Å²) in [6, 6.07) is 6.58. The van der Waals surface area contributed by atoms with Gasteiger partial charge >= 0.3 is 0 Å². The molecule has 0 spiro atoms. The van der Waals surface area contributed by atoms with E-state index in [1.165, 1.54) is 21.8 Å². The zero-order valence-electron chi connectivity index (χ0n) is 13.2. The molecule has 124 valence electrons. The largest absolute Gasteiger partial charge is 0.305 e. The van der Waals surface area contributed by atoms with Gasteiger partial charge in [-0.3, -0.25) is 19.3 Å². The third kappa shape index (κ3) is 3.19. The van der Waals surface area contributed by atoms with Crippen LogP contribution in [-0.4, -0.2) is 14.3 Å². The molecule has 3 rings (SSSR count). The lowest BCUT2D eigenvalue weighted by molar-refractivity contribution is -0.385. The minimum atomic E-state index is -0.376. The Morgan fingerprint density at radius 1 is 1.42 bits per heavy atom. The predicted molar refractivity (Wildman–Crippen MR) is 92.4 cm³/mol. The Morgan fingerprint density at radius 2 is 2.21 bits per heavy atom. The standard InChI is InChI=1S/C16H16N4O3S/c1-10-3-4-12(7-14(10)20(22)23)11(2)17-9-13-8-15(21)19-5-6-24-16(19)18-13/h3-8,11,17H,9H2,1-2H3/t11-/m1/s1. The maximum absolute atomic E-state index is 12.0. The molecule has 0 aliphatic rings. The topological polar surface area (TPSA) is 89.5 Å². The van der Waals surface area contributed by atoms with Gasteiger partial charge in [-0.25, -0.2) is 4.98 Å². The summed E-state index contributed by atoms with van der Waals surface area (Å²) in [5.41, 5.74) is 2.10. The molecule has 7 nitrogen and oxygen atoms in total. The second-order valence-electron chi connectivity index (χ2n) is 5.55. The number of nitrogens with zero attached hydrogens (tertiary/aromatic N) is 3. The summed E-state index contributed by atoms with van der Waals surface area (Å²) in [7, 11) is 0. The highest BCUT2D eigenvalue weighted by Crippen LogP contribution is 2.23. The van der Waals surface area contributed by atoms with E-state index < -0.39 is 0 Å². The van der Waals surface area contributed by atoms with Crippen LogP contribution >= 0.6 is 11.3 Å². The fourth-order valence-electron chi connectivity index (χ4n) is 2.45. The maximum Gasteiger partial charge on any atom is 0.272 e. The number of nitrogens with one attached hydrogen (secondary N) is 1. The highest BCUT2D eigenvalue weighted by atomic mass is 32.1. The van der Waals surface area contributed by atoms with Crippen molar-refractivity contribution >= 4 is 22.0 Å². The van der Waals surface area contributed by atoms with Crippen molar-refractivity contribution in [3.05, 3.63) is 73.1 Å². The van der Waals surface area contributed by atoms with Crippen LogP contribution in [0.2, 0.25) is 0 Å². The molecule has 3 aromatic rings. The average molecular weight is 344 g/mol. The van der Waals surface area contributed by atoms with E-state index >= 15 is 0 Å². The quantitative estimate of drug-likeness (QED) is 0.568. The van der Waals surface area contributed by atoms with E-state index in [9.17, 15) is 14.9 Å². The molecule has 0 radical (unpaired) electrons. The SMILES string of the molecule is Cc1ccc([C@@H](C)NCc2cc(=O)n3ccsc3n2)cc1[N+](=O)[O-]. The van der Waals surface area contributed by atoms with Gasteiger partial charge < -0.3 is 5.32 Å². The van der Waals surface area contributed by atoms with Crippen LogP contribution in [-0.2, 0) is 6.54 Å². The number of nitro groups is 1. The number of hydrogen-bond donors (Lipinski definition) is 1. The van der Waals surface area contributed by atoms with Crippen LogP contribution in [0.25, 0.3) is 4.96 Å². The Labute approximate surface area is 141 Å². The van der Waals surface area contributed by atoms with Crippen molar-refractivity contribution in [1.29, 1.82) is 0 Å². The van der Waals surface area contributed by atoms with Crippen LogP contribution in [0.5, 0.6) is 0 Å². The molecule has 1 aromatic carbocycles. The number of nitro benzene ring substituents is 1. The normalized spacial score (nSPS) is 12.4. The van der Waals surface area contributed by atoms with Crippen molar-refractivity contribution in [3.8, 4) is 0 Å². The summed E-state index contributed by atoms with van der Waals surface area (Å²) < 4.78 is 1.50. The molecule has 8 heteroatoms. The molecule has 0 saturated heterocycles. The highest BCUT2D eigenvalue weighted by molar-refractivity contribution is 7.15.